The summed E-state index contributed by atoms with van der Waals surface area (Å²) in [6.07, 6.45) is 2.30. The molecule has 0 saturated carbocycles. The van der Waals surface area contributed by atoms with Gasteiger partial charge in [-0.2, -0.15) is 0 Å². The van der Waals surface area contributed by atoms with Gasteiger partial charge in [0, 0.05) is 11.6 Å². The normalized spacial score (nSPS) is 15.9. The van der Waals surface area contributed by atoms with Crippen molar-refractivity contribution in [3.05, 3.63) is 16.6 Å². The Balaban J connectivity index is 2.75. The zero-order chi connectivity index (χ0) is 13.1. The number of nitrogens with zero attached hydrogens (tertiary/aromatic N) is 1. The molecule has 0 radical (unpaired) electrons. The maximum Gasteiger partial charge on any atom is 0.233 e. The number of carbonyl (C=O) groups is 1. The first-order valence-corrected chi connectivity index (χ1v) is 6.71. The van der Waals surface area contributed by atoms with Crippen LogP contribution < -0.4 is 11.1 Å². The third kappa shape index (κ3) is 3.01. The Morgan fingerprint density at radius 1 is 1.76 bits per heavy atom. The summed E-state index contributed by atoms with van der Waals surface area (Å²) in [5, 5.41) is 5.65. The highest BCUT2D eigenvalue weighted by atomic mass is 32.1. The molecule has 3 N–H and O–H groups in total. The monoisotopic (exact) mass is 271 g/mol. The summed E-state index contributed by atoms with van der Waals surface area (Å²) in [4.78, 5) is 16.5. The SMILES string of the molecule is CCC(C)(C(=O)NC(C)c1nccs1)C(N)=S. The summed E-state index contributed by atoms with van der Waals surface area (Å²) in [7, 11) is 0. The molecule has 4 nitrogen and oxygen atoms in total. The maximum absolute atomic E-state index is 12.1. The topological polar surface area (TPSA) is 68.0 Å². The molecule has 1 amide bonds. The molecular formula is C11H17N3OS2. The van der Waals surface area contributed by atoms with E-state index in [4.69, 9.17) is 18.0 Å². The minimum absolute atomic E-state index is 0.122. The van der Waals surface area contributed by atoms with Crippen molar-refractivity contribution in [2.45, 2.75) is 33.2 Å². The summed E-state index contributed by atoms with van der Waals surface area (Å²) in [5.41, 5.74) is 4.84. The van der Waals surface area contributed by atoms with Gasteiger partial charge in [0.05, 0.1) is 16.4 Å². The lowest BCUT2D eigenvalue weighted by molar-refractivity contribution is -0.127. The number of hydrogen-bond donors (Lipinski definition) is 2. The molecule has 94 valence electrons. The summed E-state index contributed by atoms with van der Waals surface area (Å²) >= 11 is 6.47. The van der Waals surface area contributed by atoms with E-state index in [0.717, 1.165) is 5.01 Å². The lowest BCUT2D eigenvalue weighted by Crippen LogP contribution is -2.47. The van der Waals surface area contributed by atoms with Crippen LogP contribution in [-0.4, -0.2) is 15.9 Å². The van der Waals surface area contributed by atoms with Crippen molar-refractivity contribution in [1.29, 1.82) is 0 Å². The lowest BCUT2D eigenvalue weighted by Gasteiger charge is -2.27. The van der Waals surface area contributed by atoms with Crippen molar-refractivity contribution in [3.63, 3.8) is 0 Å². The minimum atomic E-state index is -0.791. The van der Waals surface area contributed by atoms with Gasteiger partial charge in [0.25, 0.3) is 0 Å². The van der Waals surface area contributed by atoms with E-state index in [9.17, 15) is 4.79 Å². The van der Waals surface area contributed by atoms with Crippen molar-refractivity contribution in [2.75, 3.05) is 0 Å². The van der Waals surface area contributed by atoms with Crippen LogP contribution in [0.25, 0.3) is 0 Å². The van der Waals surface area contributed by atoms with Crippen molar-refractivity contribution >= 4 is 34.5 Å². The molecule has 0 fully saturated rings. The summed E-state index contributed by atoms with van der Waals surface area (Å²) in [6.45, 7) is 5.55. The van der Waals surface area contributed by atoms with Crippen LogP contribution in [0.5, 0.6) is 0 Å². The van der Waals surface area contributed by atoms with E-state index in [2.05, 4.69) is 10.3 Å². The van der Waals surface area contributed by atoms with Gasteiger partial charge in [-0.1, -0.05) is 19.1 Å². The number of nitrogens with one attached hydrogen (secondary N) is 1. The Morgan fingerprint density at radius 3 is 2.82 bits per heavy atom. The fraction of sp³-hybridized carbons (Fsp3) is 0.545. The molecule has 0 aliphatic rings. The van der Waals surface area contributed by atoms with Crippen LogP contribution in [0.1, 0.15) is 38.2 Å². The molecule has 0 saturated heterocycles. The molecule has 2 atom stereocenters. The van der Waals surface area contributed by atoms with Crippen LogP contribution in [0.3, 0.4) is 0 Å². The molecule has 0 aliphatic carbocycles. The summed E-state index contributed by atoms with van der Waals surface area (Å²) in [5.74, 6) is -0.143. The maximum atomic E-state index is 12.1. The van der Waals surface area contributed by atoms with Crippen molar-refractivity contribution in [2.24, 2.45) is 11.1 Å². The van der Waals surface area contributed by atoms with Gasteiger partial charge in [0.15, 0.2) is 0 Å². The van der Waals surface area contributed by atoms with Crippen molar-refractivity contribution in [3.8, 4) is 0 Å². The van der Waals surface area contributed by atoms with E-state index in [0.29, 0.717) is 6.42 Å². The van der Waals surface area contributed by atoms with Gasteiger partial charge < -0.3 is 11.1 Å². The van der Waals surface area contributed by atoms with Crippen LogP contribution in [0.2, 0.25) is 0 Å². The van der Waals surface area contributed by atoms with Crippen LogP contribution in [0.15, 0.2) is 11.6 Å². The van der Waals surface area contributed by atoms with Gasteiger partial charge in [-0.25, -0.2) is 4.98 Å². The Kier molecular flexibility index (Phi) is 4.59. The number of rotatable bonds is 5. The fourth-order valence-corrected chi connectivity index (χ4v) is 2.20. The number of hydrogen-bond acceptors (Lipinski definition) is 4. The molecule has 17 heavy (non-hydrogen) atoms. The Labute approximate surface area is 111 Å². The standard InChI is InChI=1S/C11H17N3OS2/c1-4-11(3,9(12)16)10(15)14-7(2)8-13-5-6-17-8/h5-7H,4H2,1-3H3,(H2,12,16)(H,14,15). The van der Waals surface area contributed by atoms with E-state index in [-0.39, 0.29) is 16.9 Å². The Morgan fingerprint density at radius 2 is 2.41 bits per heavy atom. The first-order valence-electron chi connectivity index (χ1n) is 5.42. The first-order chi connectivity index (χ1) is 7.91. The van der Waals surface area contributed by atoms with Crippen molar-refractivity contribution < 1.29 is 4.79 Å². The van der Waals surface area contributed by atoms with Gasteiger partial charge >= 0.3 is 0 Å². The molecule has 0 spiro atoms. The molecule has 0 aliphatic heterocycles. The lowest BCUT2D eigenvalue weighted by atomic mass is 9.86. The minimum Gasteiger partial charge on any atom is -0.392 e. The van der Waals surface area contributed by atoms with E-state index < -0.39 is 5.41 Å². The zero-order valence-corrected chi connectivity index (χ0v) is 11.8. The second-order valence-electron chi connectivity index (χ2n) is 4.12. The van der Waals surface area contributed by atoms with E-state index in [1.807, 2.05) is 19.2 Å². The van der Waals surface area contributed by atoms with Gasteiger partial charge in [0.2, 0.25) is 5.91 Å². The quantitative estimate of drug-likeness (QED) is 0.804. The molecule has 1 aromatic rings. The predicted octanol–water partition coefficient (Wildman–Crippen LogP) is 2.02. The number of nitrogens with two attached hydrogens (primary N) is 1. The molecular weight excluding hydrogens is 254 g/mol. The third-order valence-electron chi connectivity index (χ3n) is 2.92. The third-order valence-corrected chi connectivity index (χ3v) is 4.33. The molecule has 6 heteroatoms. The molecule has 0 aromatic carbocycles. The number of carbonyl (C=O) groups excluding carboxylic acids is 1. The molecule has 1 aromatic heterocycles. The van der Waals surface area contributed by atoms with Crippen LogP contribution in [-0.2, 0) is 4.79 Å². The Bertz CT molecular complexity index is 405. The van der Waals surface area contributed by atoms with Gasteiger partial charge in [-0.05, 0) is 20.3 Å². The molecule has 1 rings (SSSR count). The first kappa shape index (κ1) is 14.1. The summed E-state index contributed by atoms with van der Waals surface area (Å²) in [6, 6.07) is -0.122. The van der Waals surface area contributed by atoms with Gasteiger partial charge in [-0.3, -0.25) is 4.79 Å². The summed E-state index contributed by atoms with van der Waals surface area (Å²) < 4.78 is 0. The number of amides is 1. The number of thiazole rings is 1. The Hall–Kier alpha value is -1.01. The second kappa shape index (κ2) is 5.55. The largest absolute Gasteiger partial charge is 0.392 e. The molecule has 0 bridgehead atoms. The smallest absolute Gasteiger partial charge is 0.233 e. The average molecular weight is 271 g/mol. The predicted molar refractivity (Wildman–Crippen MR) is 73.9 cm³/mol. The van der Waals surface area contributed by atoms with Crippen molar-refractivity contribution in [1.82, 2.24) is 10.3 Å². The van der Waals surface area contributed by atoms with Gasteiger partial charge in [-0.15, -0.1) is 11.3 Å². The highest BCUT2D eigenvalue weighted by Gasteiger charge is 2.35. The fourth-order valence-electron chi connectivity index (χ4n) is 1.31. The zero-order valence-electron chi connectivity index (χ0n) is 10.2. The van der Waals surface area contributed by atoms with Crippen LogP contribution in [0.4, 0.5) is 0 Å². The average Bonchev–Trinajstić information content (AvgIpc) is 2.80. The van der Waals surface area contributed by atoms with Gasteiger partial charge in [0.1, 0.15) is 5.01 Å². The second-order valence-corrected chi connectivity index (χ2v) is 5.48. The highest BCUT2D eigenvalue weighted by molar-refractivity contribution is 7.80. The number of thiocarbonyl (C=S) groups is 1. The van der Waals surface area contributed by atoms with Crippen LogP contribution in [0, 0.1) is 5.41 Å². The van der Waals surface area contributed by atoms with Crippen LogP contribution >= 0.6 is 23.6 Å². The molecule has 2 unspecified atom stereocenters. The highest BCUT2D eigenvalue weighted by Crippen LogP contribution is 2.24. The van der Waals surface area contributed by atoms with E-state index in [1.165, 1.54) is 11.3 Å². The van der Waals surface area contributed by atoms with E-state index in [1.54, 1.807) is 13.1 Å². The molecule has 1 heterocycles. The number of aromatic nitrogens is 1. The van der Waals surface area contributed by atoms with E-state index >= 15 is 0 Å².